The van der Waals surface area contributed by atoms with Crippen LogP contribution >= 0.6 is 0 Å². The predicted molar refractivity (Wildman–Crippen MR) is 72.9 cm³/mol. The number of nitrogens with one attached hydrogen (secondary N) is 1. The topological polar surface area (TPSA) is 79.2 Å². The summed E-state index contributed by atoms with van der Waals surface area (Å²) in [6, 6.07) is 1.88. The van der Waals surface area contributed by atoms with E-state index in [4.69, 9.17) is 5.73 Å². The van der Waals surface area contributed by atoms with Crippen LogP contribution in [-0.2, 0) is 16.6 Å². The van der Waals surface area contributed by atoms with E-state index in [1.54, 1.807) is 16.6 Å². The average molecular weight is 283 g/mol. The number of hydrogen-bond donors (Lipinski definition) is 2. The zero-order chi connectivity index (χ0) is 13.5. The first-order valence-corrected chi connectivity index (χ1v) is 8.46. The molecule has 1 aromatic rings. The molecule has 2 fully saturated rings. The van der Waals surface area contributed by atoms with Gasteiger partial charge in [-0.15, -0.1) is 0 Å². The molecule has 0 spiro atoms. The Balaban J connectivity index is 1.88. The minimum Gasteiger partial charge on any atom is -0.363 e. The van der Waals surface area contributed by atoms with Crippen molar-refractivity contribution in [2.75, 3.05) is 6.54 Å². The van der Waals surface area contributed by atoms with Crippen LogP contribution in [0.25, 0.3) is 0 Å². The van der Waals surface area contributed by atoms with Crippen LogP contribution in [0.4, 0.5) is 0 Å². The first kappa shape index (κ1) is 13.1. The molecule has 5 nitrogen and oxygen atoms in total. The Morgan fingerprint density at radius 3 is 2.84 bits per heavy atom. The third-order valence-electron chi connectivity index (χ3n) is 4.50. The molecule has 3 rings (SSSR count). The second kappa shape index (κ2) is 4.92. The van der Waals surface area contributed by atoms with E-state index in [1.165, 1.54) is 12.8 Å². The quantitative estimate of drug-likeness (QED) is 0.880. The highest BCUT2D eigenvalue weighted by molar-refractivity contribution is 7.89. The molecule has 2 unspecified atom stereocenters. The lowest BCUT2D eigenvalue weighted by Gasteiger charge is -2.30. The van der Waals surface area contributed by atoms with Crippen molar-refractivity contribution in [2.45, 2.75) is 49.6 Å². The second-order valence-electron chi connectivity index (χ2n) is 5.58. The van der Waals surface area contributed by atoms with Crippen molar-refractivity contribution in [1.82, 2.24) is 9.29 Å². The molecule has 0 amide bonds. The maximum absolute atomic E-state index is 12.7. The molecule has 1 aliphatic heterocycles. The van der Waals surface area contributed by atoms with E-state index in [-0.39, 0.29) is 6.04 Å². The zero-order valence-electron chi connectivity index (χ0n) is 11.0. The smallest absolute Gasteiger partial charge is 0.244 e. The third-order valence-corrected chi connectivity index (χ3v) is 6.40. The Hall–Kier alpha value is -0.850. The highest BCUT2D eigenvalue weighted by Gasteiger charge is 2.42. The molecule has 3 N–H and O–H groups in total. The van der Waals surface area contributed by atoms with Crippen LogP contribution in [-0.4, -0.2) is 30.3 Å². The van der Waals surface area contributed by atoms with Crippen molar-refractivity contribution in [3.63, 3.8) is 0 Å². The summed E-state index contributed by atoms with van der Waals surface area (Å²) in [5, 5.41) is 0. The van der Waals surface area contributed by atoms with Gasteiger partial charge in [0.2, 0.25) is 10.0 Å². The number of sulfonamides is 1. The van der Waals surface area contributed by atoms with Crippen molar-refractivity contribution in [3.8, 4) is 0 Å². The Morgan fingerprint density at radius 1 is 1.32 bits per heavy atom. The number of nitrogens with zero attached hydrogens (tertiary/aromatic N) is 1. The lowest BCUT2D eigenvalue weighted by atomic mass is 9.86. The SMILES string of the molecule is NCc1cc(S(=O)(=O)N2CCC3CCCCC32)c[nH]1. The van der Waals surface area contributed by atoms with Gasteiger partial charge < -0.3 is 10.7 Å². The summed E-state index contributed by atoms with van der Waals surface area (Å²) in [6.45, 7) is 1.00. The number of fused-ring (bicyclic) bond motifs is 1. The largest absolute Gasteiger partial charge is 0.363 e. The van der Waals surface area contributed by atoms with E-state index in [9.17, 15) is 8.42 Å². The van der Waals surface area contributed by atoms with Crippen LogP contribution in [0, 0.1) is 5.92 Å². The molecule has 1 aliphatic carbocycles. The van der Waals surface area contributed by atoms with Crippen molar-refractivity contribution in [3.05, 3.63) is 18.0 Å². The molecular weight excluding hydrogens is 262 g/mol. The number of H-pyrrole nitrogens is 1. The molecule has 2 heterocycles. The van der Waals surface area contributed by atoms with Crippen LogP contribution in [0.1, 0.15) is 37.8 Å². The number of rotatable bonds is 3. The molecule has 2 aliphatic rings. The number of nitrogens with two attached hydrogens (primary N) is 1. The molecule has 1 aromatic heterocycles. The minimum absolute atomic E-state index is 0.218. The van der Waals surface area contributed by atoms with Crippen molar-refractivity contribution >= 4 is 10.0 Å². The number of aromatic amines is 1. The van der Waals surface area contributed by atoms with Gasteiger partial charge in [0, 0.05) is 31.0 Å². The Bertz CT molecular complexity index is 552. The van der Waals surface area contributed by atoms with Gasteiger partial charge in [-0.25, -0.2) is 8.42 Å². The fourth-order valence-electron chi connectivity index (χ4n) is 3.48. The number of hydrogen-bond acceptors (Lipinski definition) is 3. The summed E-state index contributed by atoms with van der Waals surface area (Å²) < 4.78 is 27.1. The standard InChI is InChI=1S/C13H21N3O2S/c14-8-11-7-12(9-15-11)19(17,18)16-6-5-10-3-1-2-4-13(10)16/h7,9-10,13,15H,1-6,8,14H2. The monoisotopic (exact) mass is 283 g/mol. The molecule has 0 bridgehead atoms. The van der Waals surface area contributed by atoms with Crippen molar-refractivity contribution in [2.24, 2.45) is 11.7 Å². The van der Waals surface area contributed by atoms with Gasteiger partial charge in [-0.3, -0.25) is 0 Å². The average Bonchev–Trinajstić information content (AvgIpc) is 3.06. The summed E-state index contributed by atoms with van der Waals surface area (Å²) in [5.74, 6) is 0.566. The van der Waals surface area contributed by atoms with Crippen molar-refractivity contribution < 1.29 is 8.42 Å². The van der Waals surface area contributed by atoms with Gasteiger partial charge in [0.25, 0.3) is 0 Å². The number of aromatic nitrogens is 1. The fraction of sp³-hybridized carbons (Fsp3) is 0.692. The van der Waals surface area contributed by atoms with Gasteiger partial charge in [0.05, 0.1) is 4.90 Å². The molecule has 0 radical (unpaired) electrons. The molecule has 1 saturated heterocycles. The van der Waals surface area contributed by atoms with Gasteiger partial charge in [-0.1, -0.05) is 12.8 Å². The molecule has 0 aromatic carbocycles. The maximum atomic E-state index is 12.7. The lowest BCUT2D eigenvalue weighted by Crippen LogP contribution is -2.39. The zero-order valence-corrected chi connectivity index (χ0v) is 11.8. The van der Waals surface area contributed by atoms with Crippen LogP contribution in [0.15, 0.2) is 17.2 Å². The summed E-state index contributed by atoms with van der Waals surface area (Å²) in [6.07, 6.45) is 7.16. The normalized spacial score (nSPS) is 28.5. The highest BCUT2D eigenvalue weighted by Crippen LogP contribution is 2.39. The van der Waals surface area contributed by atoms with Gasteiger partial charge in [-0.05, 0) is 31.2 Å². The van der Waals surface area contributed by atoms with E-state index in [1.807, 2.05) is 0 Å². The Kier molecular flexibility index (Phi) is 3.41. The molecule has 2 atom stereocenters. The third kappa shape index (κ3) is 2.22. The van der Waals surface area contributed by atoms with E-state index >= 15 is 0 Å². The summed E-state index contributed by atoms with van der Waals surface area (Å²) in [5.41, 5.74) is 6.29. The van der Waals surface area contributed by atoms with Crippen LogP contribution in [0.3, 0.4) is 0 Å². The van der Waals surface area contributed by atoms with E-state index < -0.39 is 10.0 Å². The van der Waals surface area contributed by atoms with E-state index in [2.05, 4.69) is 4.98 Å². The molecule has 106 valence electrons. The summed E-state index contributed by atoms with van der Waals surface area (Å²) in [4.78, 5) is 3.29. The van der Waals surface area contributed by atoms with Gasteiger partial charge in [0.15, 0.2) is 0 Å². The van der Waals surface area contributed by atoms with E-state index in [0.29, 0.717) is 23.9 Å². The van der Waals surface area contributed by atoms with Gasteiger partial charge in [0.1, 0.15) is 0 Å². The van der Waals surface area contributed by atoms with Crippen LogP contribution in [0.2, 0.25) is 0 Å². The highest BCUT2D eigenvalue weighted by atomic mass is 32.2. The fourth-order valence-corrected chi connectivity index (χ4v) is 5.23. The predicted octanol–water partition coefficient (Wildman–Crippen LogP) is 1.43. The molecule has 6 heteroatoms. The molecule has 1 saturated carbocycles. The molecule has 19 heavy (non-hydrogen) atoms. The van der Waals surface area contributed by atoms with E-state index in [0.717, 1.165) is 25.0 Å². The van der Waals surface area contributed by atoms with Gasteiger partial charge in [-0.2, -0.15) is 4.31 Å². The lowest BCUT2D eigenvalue weighted by molar-refractivity contribution is 0.260. The Labute approximate surface area is 114 Å². The van der Waals surface area contributed by atoms with Crippen LogP contribution in [0.5, 0.6) is 0 Å². The van der Waals surface area contributed by atoms with Crippen molar-refractivity contribution in [1.29, 1.82) is 0 Å². The van der Waals surface area contributed by atoms with Gasteiger partial charge >= 0.3 is 0 Å². The second-order valence-corrected chi connectivity index (χ2v) is 7.47. The first-order valence-electron chi connectivity index (χ1n) is 7.02. The Morgan fingerprint density at radius 2 is 2.11 bits per heavy atom. The summed E-state index contributed by atoms with van der Waals surface area (Å²) in [7, 11) is -3.35. The maximum Gasteiger partial charge on any atom is 0.244 e. The van der Waals surface area contributed by atoms with Crippen LogP contribution < -0.4 is 5.73 Å². The molecular formula is C13H21N3O2S. The minimum atomic E-state index is -3.35. The first-order chi connectivity index (χ1) is 9.13. The summed E-state index contributed by atoms with van der Waals surface area (Å²) >= 11 is 0.